The molecule has 1 N–H and O–H groups in total. The quantitative estimate of drug-likeness (QED) is 0.832. The highest BCUT2D eigenvalue weighted by Crippen LogP contribution is 2.21. The third-order valence-electron chi connectivity index (χ3n) is 3.84. The van der Waals surface area contributed by atoms with Gasteiger partial charge in [-0.2, -0.15) is 0 Å². The number of ether oxygens (including phenoxy) is 1. The summed E-state index contributed by atoms with van der Waals surface area (Å²) >= 11 is 0. The maximum atomic E-state index is 12.3. The van der Waals surface area contributed by atoms with Gasteiger partial charge >= 0.3 is 6.09 Å². The van der Waals surface area contributed by atoms with Crippen LogP contribution in [0.1, 0.15) is 40.0 Å². The minimum Gasteiger partial charge on any atom is -0.444 e. The molecule has 0 aliphatic carbocycles. The van der Waals surface area contributed by atoms with Crippen LogP contribution in [-0.2, 0) is 9.53 Å². The zero-order chi connectivity index (χ0) is 15.5. The van der Waals surface area contributed by atoms with Crippen LogP contribution in [0.25, 0.3) is 0 Å². The molecular formula is C15H27N3O3. The van der Waals surface area contributed by atoms with E-state index >= 15 is 0 Å². The number of carbonyl (C=O) groups excluding carboxylic acids is 2. The second-order valence-electron chi connectivity index (χ2n) is 6.91. The van der Waals surface area contributed by atoms with Gasteiger partial charge in [-0.05, 0) is 40.0 Å². The molecule has 2 fully saturated rings. The first-order chi connectivity index (χ1) is 9.85. The molecule has 2 heterocycles. The number of hydrogen-bond donors (Lipinski definition) is 1. The van der Waals surface area contributed by atoms with Gasteiger partial charge in [-0.15, -0.1) is 0 Å². The number of carbonyl (C=O) groups is 2. The number of likely N-dealkylation sites (tertiary alicyclic amines) is 1. The highest BCUT2D eigenvalue weighted by Gasteiger charge is 2.32. The molecule has 0 bridgehead atoms. The molecule has 0 aromatic heterocycles. The van der Waals surface area contributed by atoms with Crippen molar-refractivity contribution in [3.8, 4) is 0 Å². The molecule has 120 valence electrons. The average molecular weight is 297 g/mol. The van der Waals surface area contributed by atoms with E-state index in [9.17, 15) is 9.59 Å². The van der Waals surface area contributed by atoms with Crippen LogP contribution in [0.2, 0.25) is 0 Å². The Morgan fingerprint density at radius 1 is 1.33 bits per heavy atom. The Morgan fingerprint density at radius 2 is 2.10 bits per heavy atom. The maximum absolute atomic E-state index is 12.3. The topological polar surface area (TPSA) is 61.9 Å². The fourth-order valence-electron chi connectivity index (χ4n) is 2.90. The Morgan fingerprint density at radius 3 is 2.76 bits per heavy atom. The first-order valence-corrected chi connectivity index (χ1v) is 7.84. The van der Waals surface area contributed by atoms with Crippen LogP contribution < -0.4 is 5.32 Å². The van der Waals surface area contributed by atoms with Crippen molar-refractivity contribution < 1.29 is 14.3 Å². The summed E-state index contributed by atoms with van der Waals surface area (Å²) in [6.45, 7) is 9.14. The molecule has 1 atom stereocenters. The largest absolute Gasteiger partial charge is 0.444 e. The third-order valence-corrected chi connectivity index (χ3v) is 3.84. The predicted octanol–water partition coefficient (Wildman–Crippen LogP) is 1.21. The summed E-state index contributed by atoms with van der Waals surface area (Å²) in [6, 6.07) is 0.152. The fourth-order valence-corrected chi connectivity index (χ4v) is 2.90. The van der Waals surface area contributed by atoms with Gasteiger partial charge < -0.3 is 15.0 Å². The van der Waals surface area contributed by atoms with E-state index in [0.29, 0.717) is 13.1 Å². The van der Waals surface area contributed by atoms with Gasteiger partial charge in [0.1, 0.15) is 5.60 Å². The monoisotopic (exact) mass is 297 g/mol. The first kappa shape index (κ1) is 16.1. The zero-order valence-electron chi connectivity index (χ0n) is 13.4. The Labute approximate surface area is 126 Å². The summed E-state index contributed by atoms with van der Waals surface area (Å²) < 4.78 is 5.51. The molecule has 2 rings (SSSR count). The van der Waals surface area contributed by atoms with E-state index in [-0.39, 0.29) is 18.0 Å². The molecule has 2 aliphatic heterocycles. The molecule has 6 heteroatoms. The van der Waals surface area contributed by atoms with Gasteiger partial charge in [0.05, 0.1) is 6.54 Å². The fraction of sp³-hybridized carbons (Fsp3) is 0.867. The minimum atomic E-state index is -0.468. The highest BCUT2D eigenvalue weighted by molar-refractivity contribution is 5.78. The van der Waals surface area contributed by atoms with Crippen molar-refractivity contribution in [1.82, 2.24) is 15.1 Å². The van der Waals surface area contributed by atoms with Crippen LogP contribution in [0.4, 0.5) is 4.79 Å². The van der Waals surface area contributed by atoms with Crippen molar-refractivity contribution in [2.75, 3.05) is 32.7 Å². The van der Waals surface area contributed by atoms with E-state index in [0.717, 1.165) is 38.9 Å². The number of piperazine rings is 1. The Kier molecular flexibility index (Phi) is 5.08. The van der Waals surface area contributed by atoms with Crippen LogP contribution >= 0.6 is 0 Å². The molecule has 0 saturated carbocycles. The van der Waals surface area contributed by atoms with E-state index in [4.69, 9.17) is 4.74 Å². The SMILES string of the molecule is CC(C)(C)OC(=O)N1CCCC[C@@H]1CN1CCNC(=O)C1. The Bertz CT molecular complexity index is 392. The van der Waals surface area contributed by atoms with Crippen LogP contribution in [0, 0.1) is 0 Å². The minimum absolute atomic E-state index is 0.0703. The van der Waals surface area contributed by atoms with Crippen LogP contribution in [0.3, 0.4) is 0 Å². The Balaban J connectivity index is 1.95. The molecule has 2 aliphatic rings. The standard InChI is InChI=1S/C15H27N3O3/c1-15(2,3)21-14(20)18-8-5-4-6-12(18)10-17-9-7-16-13(19)11-17/h12H,4-11H2,1-3H3,(H,16,19)/t12-/m1/s1. The average Bonchev–Trinajstić information content (AvgIpc) is 2.37. The lowest BCUT2D eigenvalue weighted by Gasteiger charge is -2.39. The van der Waals surface area contributed by atoms with Crippen LogP contribution in [0.15, 0.2) is 0 Å². The molecule has 0 radical (unpaired) electrons. The molecule has 0 aromatic rings. The summed E-state index contributed by atoms with van der Waals surface area (Å²) in [5.41, 5.74) is -0.468. The zero-order valence-corrected chi connectivity index (χ0v) is 13.4. The third kappa shape index (κ3) is 4.88. The second-order valence-corrected chi connectivity index (χ2v) is 6.91. The smallest absolute Gasteiger partial charge is 0.410 e. The van der Waals surface area contributed by atoms with Gasteiger partial charge in [-0.25, -0.2) is 4.79 Å². The molecule has 21 heavy (non-hydrogen) atoms. The summed E-state index contributed by atoms with van der Waals surface area (Å²) in [4.78, 5) is 27.8. The summed E-state index contributed by atoms with van der Waals surface area (Å²) in [7, 11) is 0. The number of rotatable bonds is 2. The predicted molar refractivity (Wildman–Crippen MR) is 80.0 cm³/mol. The van der Waals surface area contributed by atoms with E-state index in [1.807, 2.05) is 25.7 Å². The molecule has 0 spiro atoms. The lowest BCUT2D eigenvalue weighted by molar-refractivity contribution is -0.124. The Hall–Kier alpha value is -1.30. The van der Waals surface area contributed by atoms with Gasteiger partial charge in [0.25, 0.3) is 0 Å². The number of amides is 2. The van der Waals surface area contributed by atoms with Crippen molar-refractivity contribution in [3.05, 3.63) is 0 Å². The normalized spacial score (nSPS) is 24.6. The molecule has 6 nitrogen and oxygen atoms in total. The maximum Gasteiger partial charge on any atom is 0.410 e. The van der Waals surface area contributed by atoms with Gasteiger partial charge in [0, 0.05) is 32.2 Å². The molecule has 0 aromatic carbocycles. The van der Waals surface area contributed by atoms with Crippen LogP contribution in [-0.4, -0.2) is 66.2 Å². The molecular weight excluding hydrogens is 270 g/mol. The summed E-state index contributed by atoms with van der Waals surface area (Å²) in [6.07, 6.45) is 2.91. The summed E-state index contributed by atoms with van der Waals surface area (Å²) in [5.74, 6) is 0.0703. The number of hydrogen-bond acceptors (Lipinski definition) is 4. The van der Waals surface area contributed by atoms with Gasteiger partial charge in [0.15, 0.2) is 0 Å². The van der Waals surface area contributed by atoms with Crippen molar-refractivity contribution in [2.24, 2.45) is 0 Å². The lowest BCUT2D eigenvalue weighted by Crippen LogP contribution is -2.55. The van der Waals surface area contributed by atoms with E-state index < -0.39 is 5.60 Å². The van der Waals surface area contributed by atoms with E-state index in [1.54, 1.807) is 0 Å². The van der Waals surface area contributed by atoms with Crippen molar-refractivity contribution >= 4 is 12.0 Å². The molecule has 2 amide bonds. The van der Waals surface area contributed by atoms with E-state index in [2.05, 4.69) is 10.2 Å². The molecule has 2 saturated heterocycles. The van der Waals surface area contributed by atoms with Crippen LogP contribution in [0.5, 0.6) is 0 Å². The van der Waals surface area contributed by atoms with Gasteiger partial charge in [-0.3, -0.25) is 9.69 Å². The van der Waals surface area contributed by atoms with Crippen molar-refractivity contribution in [3.63, 3.8) is 0 Å². The van der Waals surface area contributed by atoms with Crippen molar-refractivity contribution in [1.29, 1.82) is 0 Å². The number of nitrogens with zero attached hydrogens (tertiary/aromatic N) is 2. The number of nitrogens with one attached hydrogen (secondary N) is 1. The van der Waals surface area contributed by atoms with Gasteiger partial charge in [0.2, 0.25) is 5.91 Å². The number of piperidine rings is 1. The van der Waals surface area contributed by atoms with Gasteiger partial charge in [-0.1, -0.05) is 0 Å². The molecule has 0 unspecified atom stereocenters. The first-order valence-electron chi connectivity index (χ1n) is 7.84. The van der Waals surface area contributed by atoms with E-state index in [1.165, 1.54) is 0 Å². The second kappa shape index (κ2) is 6.64. The lowest BCUT2D eigenvalue weighted by atomic mass is 10.0. The highest BCUT2D eigenvalue weighted by atomic mass is 16.6. The van der Waals surface area contributed by atoms with Crippen molar-refractivity contribution in [2.45, 2.75) is 51.7 Å². The summed E-state index contributed by atoms with van der Waals surface area (Å²) in [5, 5.41) is 2.83.